The van der Waals surface area contributed by atoms with Crippen molar-refractivity contribution in [1.82, 2.24) is 19.9 Å². The van der Waals surface area contributed by atoms with Crippen molar-refractivity contribution in [3.63, 3.8) is 0 Å². The first kappa shape index (κ1) is 10.5. The normalized spacial score (nSPS) is 17.6. The Labute approximate surface area is 100 Å². The molecule has 1 aliphatic heterocycles. The fourth-order valence-corrected chi connectivity index (χ4v) is 2.40. The lowest BCUT2D eigenvalue weighted by molar-refractivity contribution is 0.367. The lowest BCUT2D eigenvalue weighted by Crippen LogP contribution is -2.28. The number of nitrogen functional groups attached to an aromatic ring is 1. The van der Waals surface area contributed by atoms with Crippen molar-refractivity contribution >= 4 is 11.5 Å². The van der Waals surface area contributed by atoms with E-state index in [1.54, 1.807) is 4.52 Å². The van der Waals surface area contributed by atoms with Gasteiger partial charge in [0.15, 0.2) is 11.5 Å². The van der Waals surface area contributed by atoms with Crippen LogP contribution in [-0.2, 0) is 6.42 Å². The Hall–Kier alpha value is -1.62. The van der Waals surface area contributed by atoms with Gasteiger partial charge in [0.25, 0.3) is 0 Å². The van der Waals surface area contributed by atoms with Crippen LogP contribution in [0, 0.1) is 5.92 Å². The fourth-order valence-electron chi connectivity index (χ4n) is 2.40. The van der Waals surface area contributed by atoms with E-state index in [0.717, 1.165) is 31.0 Å². The number of hydrogen-bond donors (Lipinski definition) is 2. The molecule has 0 spiro atoms. The molecule has 0 saturated carbocycles. The molecule has 90 valence electrons. The number of rotatable bonds is 2. The second-order valence-corrected chi connectivity index (χ2v) is 4.65. The molecule has 5 nitrogen and oxygen atoms in total. The largest absolute Gasteiger partial charge is 0.384 e. The van der Waals surface area contributed by atoms with E-state index < -0.39 is 0 Å². The van der Waals surface area contributed by atoms with E-state index in [1.807, 2.05) is 18.2 Å². The van der Waals surface area contributed by atoms with Gasteiger partial charge in [0.05, 0.1) is 0 Å². The van der Waals surface area contributed by atoms with Gasteiger partial charge < -0.3 is 11.1 Å². The maximum absolute atomic E-state index is 5.85. The number of nitrogens with one attached hydrogen (secondary N) is 1. The van der Waals surface area contributed by atoms with E-state index in [2.05, 4.69) is 15.4 Å². The molecule has 3 N–H and O–H groups in total. The van der Waals surface area contributed by atoms with Crippen LogP contribution in [0.5, 0.6) is 0 Å². The average molecular weight is 231 g/mol. The first-order chi connectivity index (χ1) is 8.33. The molecule has 1 aliphatic rings. The fraction of sp³-hybridized carbons (Fsp3) is 0.500. The summed E-state index contributed by atoms with van der Waals surface area (Å²) in [5.41, 5.74) is 6.69. The van der Waals surface area contributed by atoms with Crippen LogP contribution in [-0.4, -0.2) is 27.7 Å². The number of hydrogen-bond acceptors (Lipinski definition) is 4. The van der Waals surface area contributed by atoms with Gasteiger partial charge in [0.1, 0.15) is 5.82 Å². The molecular formula is C12H17N5. The zero-order chi connectivity index (χ0) is 11.7. The Morgan fingerprint density at radius 2 is 2.18 bits per heavy atom. The number of fused-ring (bicyclic) bond motifs is 1. The van der Waals surface area contributed by atoms with Gasteiger partial charge in [-0.2, -0.15) is 4.52 Å². The Bertz CT molecular complexity index is 513. The van der Waals surface area contributed by atoms with E-state index in [-0.39, 0.29) is 0 Å². The Morgan fingerprint density at radius 3 is 2.94 bits per heavy atom. The third-order valence-electron chi connectivity index (χ3n) is 3.36. The SMILES string of the molecule is Nc1cccc2nc(CC3CCNCC3)nn12. The zero-order valence-corrected chi connectivity index (χ0v) is 9.76. The first-order valence-electron chi connectivity index (χ1n) is 6.14. The summed E-state index contributed by atoms with van der Waals surface area (Å²) in [6.07, 6.45) is 3.39. The third kappa shape index (κ3) is 2.10. The highest BCUT2D eigenvalue weighted by Gasteiger charge is 2.16. The standard InChI is InChI=1S/C12H17N5/c13-10-2-1-3-12-15-11(16-17(10)12)8-9-4-6-14-7-5-9/h1-3,9,14H,4-8,13H2. The second-order valence-electron chi connectivity index (χ2n) is 4.65. The van der Waals surface area contributed by atoms with Gasteiger partial charge >= 0.3 is 0 Å². The van der Waals surface area contributed by atoms with Gasteiger partial charge in [-0.1, -0.05) is 6.07 Å². The van der Waals surface area contributed by atoms with Crippen LogP contribution in [0.1, 0.15) is 18.7 Å². The lowest BCUT2D eigenvalue weighted by Gasteiger charge is -2.20. The van der Waals surface area contributed by atoms with Gasteiger partial charge in [0.2, 0.25) is 0 Å². The number of pyridine rings is 1. The molecule has 2 aromatic heterocycles. The molecule has 2 aromatic rings. The van der Waals surface area contributed by atoms with Crippen LogP contribution >= 0.6 is 0 Å². The number of anilines is 1. The van der Waals surface area contributed by atoms with Crippen molar-refractivity contribution in [2.45, 2.75) is 19.3 Å². The molecule has 0 unspecified atom stereocenters. The minimum absolute atomic E-state index is 0.645. The molecular weight excluding hydrogens is 214 g/mol. The van der Waals surface area contributed by atoms with Gasteiger partial charge in [-0.3, -0.25) is 0 Å². The third-order valence-corrected chi connectivity index (χ3v) is 3.36. The van der Waals surface area contributed by atoms with E-state index in [0.29, 0.717) is 11.7 Å². The van der Waals surface area contributed by atoms with Crippen LogP contribution in [0.4, 0.5) is 5.82 Å². The number of nitrogens with two attached hydrogens (primary N) is 1. The van der Waals surface area contributed by atoms with E-state index in [4.69, 9.17) is 5.73 Å². The minimum atomic E-state index is 0.645. The van der Waals surface area contributed by atoms with E-state index >= 15 is 0 Å². The molecule has 0 amide bonds. The summed E-state index contributed by atoms with van der Waals surface area (Å²) < 4.78 is 1.72. The van der Waals surface area contributed by atoms with Crippen molar-refractivity contribution < 1.29 is 0 Å². The number of nitrogens with zero attached hydrogens (tertiary/aromatic N) is 3. The molecule has 0 bridgehead atoms. The van der Waals surface area contributed by atoms with E-state index in [9.17, 15) is 0 Å². The highest BCUT2D eigenvalue weighted by Crippen LogP contribution is 2.17. The Balaban J connectivity index is 1.83. The summed E-state index contributed by atoms with van der Waals surface area (Å²) in [6, 6.07) is 5.69. The van der Waals surface area contributed by atoms with Crippen LogP contribution in [0.3, 0.4) is 0 Å². The first-order valence-corrected chi connectivity index (χ1v) is 6.14. The molecule has 5 heteroatoms. The van der Waals surface area contributed by atoms with Gasteiger partial charge in [-0.25, -0.2) is 4.98 Å². The van der Waals surface area contributed by atoms with Crippen molar-refractivity contribution in [3.05, 3.63) is 24.0 Å². The predicted octanol–water partition coefficient (Wildman–Crippen LogP) is 0.854. The van der Waals surface area contributed by atoms with Crippen LogP contribution in [0.15, 0.2) is 18.2 Å². The summed E-state index contributed by atoms with van der Waals surface area (Å²) in [7, 11) is 0. The zero-order valence-electron chi connectivity index (χ0n) is 9.76. The maximum atomic E-state index is 5.85. The minimum Gasteiger partial charge on any atom is -0.384 e. The van der Waals surface area contributed by atoms with Crippen molar-refractivity contribution in [2.24, 2.45) is 5.92 Å². The van der Waals surface area contributed by atoms with Crippen LogP contribution in [0.25, 0.3) is 5.65 Å². The summed E-state index contributed by atoms with van der Waals surface area (Å²) >= 11 is 0. The predicted molar refractivity (Wildman–Crippen MR) is 66.7 cm³/mol. The molecule has 0 atom stereocenters. The summed E-state index contributed by atoms with van der Waals surface area (Å²) in [4.78, 5) is 4.52. The van der Waals surface area contributed by atoms with Crippen LogP contribution in [0.2, 0.25) is 0 Å². The van der Waals surface area contributed by atoms with Crippen LogP contribution < -0.4 is 11.1 Å². The highest BCUT2D eigenvalue weighted by atomic mass is 15.3. The molecule has 1 fully saturated rings. The van der Waals surface area contributed by atoms with Crippen molar-refractivity contribution in [1.29, 1.82) is 0 Å². The Morgan fingerprint density at radius 1 is 1.35 bits per heavy atom. The smallest absolute Gasteiger partial charge is 0.157 e. The average Bonchev–Trinajstić information content (AvgIpc) is 2.74. The van der Waals surface area contributed by atoms with Gasteiger partial charge in [-0.15, -0.1) is 5.10 Å². The summed E-state index contributed by atoms with van der Waals surface area (Å²) in [6.45, 7) is 2.22. The quantitative estimate of drug-likeness (QED) is 0.804. The summed E-state index contributed by atoms with van der Waals surface area (Å²) in [5.74, 6) is 2.26. The van der Waals surface area contributed by atoms with Gasteiger partial charge in [0, 0.05) is 6.42 Å². The molecule has 17 heavy (non-hydrogen) atoms. The molecule has 0 aliphatic carbocycles. The van der Waals surface area contributed by atoms with Crippen molar-refractivity contribution in [3.8, 4) is 0 Å². The molecule has 1 saturated heterocycles. The highest BCUT2D eigenvalue weighted by molar-refractivity contribution is 5.45. The molecule has 3 rings (SSSR count). The number of piperidine rings is 1. The number of aromatic nitrogens is 3. The maximum Gasteiger partial charge on any atom is 0.157 e. The monoisotopic (exact) mass is 231 g/mol. The molecule has 3 heterocycles. The van der Waals surface area contributed by atoms with Gasteiger partial charge in [-0.05, 0) is 44.0 Å². The molecule has 0 aromatic carbocycles. The van der Waals surface area contributed by atoms with E-state index in [1.165, 1.54) is 12.8 Å². The second kappa shape index (κ2) is 4.33. The Kier molecular flexibility index (Phi) is 2.68. The molecule has 0 radical (unpaired) electrons. The topological polar surface area (TPSA) is 68.2 Å². The van der Waals surface area contributed by atoms with Crippen molar-refractivity contribution in [2.75, 3.05) is 18.8 Å². The summed E-state index contributed by atoms with van der Waals surface area (Å²) in [5, 5.41) is 7.84. The lowest BCUT2D eigenvalue weighted by atomic mass is 9.94.